The summed E-state index contributed by atoms with van der Waals surface area (Å²) in [4.78, 5) is 5.02. The Hall–Kier alpha value is -1.75. The fraction of sp³-hybridized carbons (Fsp3) is 0.500. The summed E-state index contributed by atoms with van der Waals surface area (Å²) < 4.78 is 11.0. The van der Waals surface area contributed by atoms with Crippen molar-refractivity contribution in [2.75, 3.05) is 47.4 Å². The molecular formula is C24H33ClN2O2. The Bertz CT molecular complexity index is 766. The van der Waals surface area contributed by atoms with E-state index in [1.807, 2.05) is 24.3 Å². The van der Waals surface area contributed by atoms with E-state index < -0.39 is 0 Å². The van der Waals surface area contributed by atoms with Crippen molar-refractivity contribution < 1.29 is 9.47 Å². The zero-order chi connectivity index (χ0) is 20.6. The summed E-state index contributed by atoms with van der Waals surface area (Å²) in [6, 6.07) is 14.3. The van der Waals surface area contributed by atoms with E-state index in [1.54, 1.807) is 14.2 Å². The number of para-hydroxylation sites is 1. The van der Waals surface area contributed by atoms with E-state index in [9.17, 15) is 0 Å². The molecule has 1 fully saturated rings. The minimum atomic E-state index is 0.704. The van der Waals surface area contributed by atoms with Crippen molar-refractivity contribution >= 4 is 11.6 Å². The molecule has 158 valence electrons. The van der Waals surface area contributed by atoms with Crippen molar-refractivity contribution in [2.24, 2.45) is 5.92 Å². The maximum absolute atomic E-state index is 5.99. The number of likely N-dealkylation sites (tertiary alicyclic amines) is 1. The lowest BCUT2D eigenvalue weighted by Gasteiger charge is -2.35. The minimum absolute atomic E-state index is 0.704. The molecule has 1 aliphatic heterocycles. The lowest BCUT2D eigenvalue weighted by molar-refractivity contribution is 0.142. The molecule has 1 aliphatic rings. The molecule has 2 aromatic rings. The SMILES string of the molecule is COc1cccc(CN(C)C[C@@H]2CCCN(CCc3ccc(Cl)cc3)C2)c1OC. The van der Waals surface area contributed by atoms with Crippen LogP contribution in [0.5, 0.6) is 11.5 Å². The van der Waals surface area contributed by atoms with Gasteiger partial charge in [-0.15, -0.1) is 0 Å². The van der Waals surface area contributed by atoms with Gasteiger partial charge in [0.1, 0.15) is 0 Å². The molecule has 0 bridgehead atoms. The molecule has 29 heavy (non-hydrogen) atoms. The third kappa shape index (κ3) is 6.36. The van der Waals surface area contributed by atoms with Gasteiger partial charge in [0.05, 0.1) is 14.2 Å². The molecule has 1 saturated heterocycles. The number of piperidine rings is 1. The lowest BCUT2D eigenvalue weighted by atomic mass is 9.97. The molecule has 0 N–H and O–H groups in total. The van der Waals surface area contributed by atoms with Crippen LogP contribution in [0.15, 0.2) is 42.5 Å². The highest BCUT2D eigenvalue weighted by atomic mass is 35.5. The quantitative estimate of drug-likeness (QED) is 0.589. The van der Waals surface area contributed by atoms with E-state index in [0.717, 1.165) is 42.6 Å². The second-order valence-electron chi connectivity index (χ2n) is 8.03. The Morgan fingerprint density at radius 3 is 2.62 bits per heavy atom. The highest BCUT2D eigenvalue weighted by Crippen LogP contribution is 2.31. The van der Waals surface area contributed by atoms with E-state index in [4.69, 9.17) is 21.1 Å². The molecule has 1 heterocycles. The number of hydrogen-bond acceptors (Lipinski definition) is 4. The van der Waals surface area contributed by atoms with Crippen molar-refractivity contribution in [1.82, 2.24) is 9.80 Å². The van der Waals surface area contributed by atoms with Crippen LogP contribution in [0.3, 0.4) is 0 Å². The highest BCUT2D eigenvalue weighted by molar-refractivity contribution is 6.30. The number of hydrogen-bond donors (Lipinski definition) is 0. The van der Waals surface area contributed by atoms with Crippen molar-refractivity contribution in [3.8, 4) is 11.5 Å². The standard InChI is InChI=1S/C24H33ClN2O2/c1-26(18-21-7-4-8-23(28-2)24(21)29-3)16-20-6-5-14-27(17-20)15-13-19-9-11-22(25)12-10-19/h4,7-12,20H,5-6,13-18H2,1-3H3/t20-/m0/s1. The van der Waals surface area contributed by atoms with Gasteiger partial charge in [-0.1, -0.05) is 35.9 Å². The number of methoxy groups -OCH3 is 2. The first-order valence-electron chi connectivity index (χ1n) is 10.4. The molecule has 0 spiro atoms. The fourth-order valence-corrected chi connectivity index (χ4v) is 4.44. The van der Waals surface area contributed by atoms with Crippen LogP contribution in [0.4, 0.5) is 0 Å². The topological polar surface area (TPSA) is 24.9 Å². The molecular weight excluding hydrogens is 384 g/mol. The number of ether oxygens (including phenoxy) is 2. The summed E-state index contributed by atoms with van der Waals surface area (Å²) in [6.45, 7) is 5.45. The number of nitrogens with zero attached hydrogens (tertiary/aromatic N) is 2. The van der Waals surface area contributed by atoms with E-state index in [2.05, 4.69) is 35.0 Å². The summed E-state index contributed by atoms with van der Waals surface area (Å²) in [5.74, 6) is 2.34. The predicted molar refractivity (Wildman–Crippen MR) is 120 cm³/mol. The summed E-state index contributed by atoms with van der Waals surface area (Å²) in [5, 5.41) is 0.808. The molecule has 0 unspecified atom stereocenters. The predicted octanol–water partition coefficient (Wildman–Crippen LogP) is 4.74. The van der Waals surface area contributed by atoms with Gasteiger partial charge in [-0.25, -0.2) is 0 Å². The molecule has 0 saturated carbocycles. The van der Waals surface area contributed by atoms with Crippen LogP contribution in [-0.2, 0) is 13.0 Å². The van der Waals surface area contributed by atoms with Gasteiger partial charge in [0.15, 0.2) is 11.5 Å². The average molecular weight is 417 g/mol. The normalized spacial score (nSPS) is 17.5. The van der Waals surface area contributed by atoms with E-state index >= 15 is 0 Å². The largest absolute Gasteiger partial charge is 0.493 e. The molecule has 0 amide bonds. The first-order valence-corrected chi connectivity index (χ1v) is 10.8. The zero-order valence-corrected chi connectivity index (χ0v) is 18.6. The van der Waals surface area contributed by atoms with Crippen LogP contribution in [0, 0.1) is 5.92 Å². The number of benzene rings is 2. The van der Waals surface area contributed by atoms with Crippen LogP contribution < -0.4 is 9.47 Å². The van der Waals surface area contributed by atoms with E-state index in [-0.39, 0.29) is 0 Å². The van der Waals surface area contributed by atoms with Crippen molar-refractivity contribution in [3.05, 3.63) is 58.6 Å². The second kappa shape index (κ2) is 10.9. The monoisotopic (exact) mass is 416 g/mol. The average Bonchev–Trinajstić information content (AvgIpc) is 2.73. The molecule has 3 rings (SSSR count). The van der Waals surface area contributed by atoms with Crippen LogP contribution in [0.1, 0.15) is 24.0 Å². The molecule has 0 aliphatic carbocycles. The Labute approximate surface area is 180 Å². The van der Waals surface area contributed by atoms with Gasteiger partial charge in [-0.2, -0.15) is 0 Å². The van der Waals surface area contributed by atoms with Gasteiger partial charge in [0, 0.05) is 36.8 Å². The van der Waals surface area contributed by atoms with Crippen LogP contribution in [0.2, 0.25) is 5.02 Å². The molecule has 1 atom stereocenters. The molecule has 5 heteroatoms. The summed E-state index contributed by atoms with van der Waals surface area (Å²) in [6.07, 6.45) is 3.67. The molecule has 4 nitrogen and oxygen atoms in total. The number of halogens is 1. The zero-order valence-electron chi connectivity index (χ0n) is 17.9. The summed E-state index contributed by atoms with van der Waals surface area (Å²) >= 11 is 5.99. The van der Waals surface area contributed by atoms with Gasteiger partial charge in [-0.3, -0.25) is 0 Å². The number of rotatable bonds is 9. The van der Waals surface area contributed by atoms with E-state index in [1.165, 1.54) is 37.1 Å². The van der Waals surface area contributed by atoms with Crippen molar-refractivity contribution in [2.45, 2.75) is 25.8 Å². The Morgan fingerprint density at radius 2 is 1.90 bits per heavy atom. The Morgan fingerprint density at radius 1 is 1.10 bits per heavy atom. The van der Waals surface area contributed by atoms with E-state index in [0.29, 0.717) is 5.92 Å². The Balaban J connectivity index is 1.50. The molecule has 2 aromatic carbocycles. The van der Waals surface area contributed by atoms with Gasteiger partial charge in [-0.05, 0) is 62.5 Å². The van der Waals surface area contributed by atoms with Crippen LogP contribution in [-0.4, -0.2) is 57.2 Å². The van der Waals surface area contributed by atoms with Crippen molar-refractivity contribution in [3.63, 3.8) is 0 Å². The van der Waals surface area contributed by atoms with Gasteiger partial charge in [0.2, 0.25) is 0 Å². The van der Waals surface area contributed by atoms with Gasteiger partial charge in [0.25, 0.3) is 0 Å². The molecule has 0 radical (unpaired) electrons. The van der Waals surface area contributed by atoms with Crippen molar-refractivity contribution in [1.29, 1.82) is 0 Å². The smallest absolute Gasteiger partial charge is 0.165 e. The molecule has 0 aromatic heterocycles. The first-order chi connectivity index (χ1) is 14.1. The third-order valence-electron chi connectivity index (χ3n) is 5.73. The fourth-order valence-electron chi connectivity index (χ4n) is 4.32. The van der Waals surface area contributed by atoms with Crippen LogP contribution >= 0.6 is 11.6 Å². The maximum atomic E-state index is 5.99. The first kappa shape index (κ1) is 21.9. The minimum Gasteiger partial charge on any atom is -0.493 e. The van der Waals surface area contributed by atoms with Gasteiger partial charge >= 0.3 is 0 Å². The Kier molecular flexibility index (Phi) is 8.22. The summed E-state index contributed by atoms with van der Waals surface area (Å²) in [7, 11) is 5.60. The maximum Gasteiger partial charge on any atom is 0.165 e. The summed E-state index contributed by atoms with van der Waals surface area (Å²) in [5.41, 5.74) is 2.53. The van der Waals surface area contributed by atoms with Gasteiger partial charge < -0.3 is 19.3 Å². The lowest BCUT2D eigenvalue weighted by Crippen LogP contribution is -2.40. The second-order valence-corrected chi connectivity index (χ2v) is 8.47. The van der Waals surface area contributed by atoms with Crippen LogP contribution in [0.25, 0.3) is 0 Å². The third-order valence-corrected chi connectivity index (χ3v) is 5.98. The highest BCUT2D eigenvalue weighted by Gasteiger charge is 2.21.